The molecule has 1 rings (SSSR count). The predicted molar refractivity (Wildman–Crippen MR) is 42.5 cm³/mol. The Kier molecular flexibility index (Phi) is 2.74. The summed E-state index contributed by atoms with van der Waals surface area (Å²) in [5.74, 6) is -1.21. The molecule has 0 radical (unpaired) electrons. The normalized spacial score (nSPS) is 8.92. The van der Waals surface area contributed by atoms with Crippen LogP contribution in [-0.4, -0.2) is 21.9 Å². The van der Waals surface area contributed by atoms with E-state index in [1.165, 1.54) is 18.6 Å². The third-order valence-electron chi connectivity index (χ3n) is 1.03. The first kappa shape index (κ1) is 8.91. The SMILES string of the molecule is N=C(N)NOC(=O)c1cnccn1. The zero-order chi connectivity index (χ0) is 9.68. The first-order chi connectivity index (χ1) is 6.20. The van der Waals surface area contributed by atoms with E-state index >= 15 is 0 Å². The van der Waals surface area contributed by atoms with E-state index < -0.39 is 11.9 Å². The molecule has 4 N–H and O–H groups in total. The minimum Gasteiger partial charge on any atom is -0.368 e. The van der Waals surface area contributed by atoms with E-state index in [4.69, 9.17) is 11.1 Å². The van der Waals surface area contributed by atoms with Gasteiger partial charge in [0.05, 0.1) is 6.20 Å². The van der Waals surface area contributed by atoms with Gasteiger partial charge in [-0.2, -0.15) is 5.48 Å². The molecule has 0 fully saturated rings. The van der Waals surface area contributed by atoms with Gasteiger partial charge in [0.1, 0.15) is 0 Å². The number of nitrogens with two attached hydrogens (primary N) is 1. The van der Waals surface area contributed by atoms with Gasteiger partial charge in [-0.3, -0.25) is 10.4 Å². The molecule has 13 heavy (non-hydrogen) atoms. The number of aromatic nitrogens is 2. The van der Waals surface area contributed by atoms with E-state index in [0.29, 0.717) is 0 Å². The Bertz CT molecular complexity index is 312. The van der Waals surface area contributed by atoms with E-state index in [-0.39, 0.29) is 5.69 Å². The van der Waals surface area contributed by atoms with Crippen molar-refractivity contribution >= 4 is 11.9 Å². The number of carbonyl (C=O) groups is 1. The van der Waals surface area contributed by atoms with E-state index in [1.807, 2.05) is 5.48 Å². The standard InChI is InChI=1S/C6H7N5O2/c7-6(8)11-13-5(12)4-3-9-1-2-10-4/h1-3H,(H4,7,8,11). The van der Waals surface area contributed by atoms with Crippen molar-refractivity contribution in [3.05, 3.63) is 24.3 Å². The van der Waals surface area contributed by atoms with E-state index in [9.17, 15) is 4.79 Å². The fourth-order valence-corrected chi connectivity index (χ4v) is 0.558. The number of hydrogen-bond donors (Lipinski definition) is 3. The quantitative estimate of drug-likeness (QED) is 0.292. The summed E-state index contributed by atoms with van der Waals surface area (Å²) < 4.78 is 0. The Balaban J connectivity index is 2.54. The lowest BCUT2D eigenvalue weighted by molar-refractivity contribution is 0.0375. The number of hydroxylamine groups is 1. The topological polar surface area (TPSA) is 114 Å². The summed E-state index contributed by atoms with van der Waals surface area (Å²) in [7, 11) is 0. The van der Waals surface area contributed by atoms with Crippen LogP contribution in [0.5, 0.6) is 0 Å². The van der Waals surface area contributed by atoms with Crippen LogP contribution in [0.3, 0.4) is 0 Å². The molecule has 1 aromatic rings. The van der Waals surface area contributed by atoms with Crippen molar-refractivity contribution in [1.82, 2.24) is 15.4 Å². The second-order valence-electron chi connectivity index (χ2n) is 2.00. The molecule has 1 aromatic heterocycles. The van der Waals surface area contributed by atoms with Gasteiger partial charge in [0.2, 0.25) is 5.96 Å². The summed E-state index contributed by atoms with van der Waals surface area (Å²) in [6.07, 6.45) is 4.02. The molecule has 0 bridgehead atoms. The van der Waals surface area contributed by atoms with Gasteiger partial charge in [0, 0.05) is 12.4 Å². The molecule has 0 saturated carbocycles. The molecule has 0 amide bonds. The van der Waals surface area contributed by atoms with Gasteiger partial charge in [0.25, 0.3) is 0 Å². The number of hydrogen-bond acceptors (Lipinski definition) is 5. The molecule has 0 atom stereocenters. The maximum atomic E-state index is 11.0. The molecule has 0 saturated heterocycles. The van der Waals surface area contributed by atoms with Crippen molar-refractivity contribution in [2.24, 2.45) is 5.73 Å². The highest BCUT2D eigenvalue weighted by molar-refractivity contribution is 5.87. The molecule has 7 nitrogen and oxygen atoms in total. The Morgan fingerprint density at radius 3 is 2.92 bits per heavy atom. The summed E-state index contributed by atoms with van der Waals surface area (Å²) in [5, 5.41) is 6.70. The summed E-state index contributed by atoms with van der Waals surface area (Å²) in [5.41, 5.74) is 6.80. The van der Waals surface area contributed by atoms with Gasteiger partial charge >= 0.3 is 5.97 Å². The van der Waals surface area contributed by atoms with Crippen LogP contribution in [0.25, 0.3) is 0 Å². The van der Waals surface area contributed by atoms with E-state index in [0.717, 1.165) is 0 Å². The lowest BCUT2D eigenvalue weighted by Gasteiger charge is -2.02. The van der Waals surface area contributed by atoms with Crippen molar-refractivity contribution in [2.75, 3.05) is 0 Å². The van der Waals surface area contributed by atoms with Crippen LogP contribution in [0.15, 0.2) is 18.6 Å². The van der Waals surface area contributed by atoms with Crippen LogP contribution in [0, 0.1) is 5.41 Å². The van der Waals surface area contributed by atoms with Crippen LogP contribution in [0.2, 0.25) is 0 Å². The monoisotopic (exact) mass is 181 g/mol. The molecule has 0 aliphatic heterocycles. The number of nitrogens with zero attached hydrogens (tertiary/aromatic N) is 2. The Labute approximate surface area is 73.4 Å². The third kappa shape index (κ3) is 2.73. The van der Waals surface area contributed by atoms with Crippen LogP contribution >= 0.6 is 0 Å². The van der Waals surface area contributed by atoms with Gasteiger partial charge in [-0.05, 0) is 0 Å². The molecule has 0 unspecified atom stereocenters. The average Bonchev–Trinajstić information content (AvgIpc) is 2.15. The minimum absolute atomic E-state index is 0.0382. The van der Waals surface area contributed by atoms with Crippen molar-refractivity contribution < 1.29 is 9.63 Å². The molecule has 0 aliphatic carbocycles. The first-order valence-corrected chi connectivity index (χ1v) is 3.27. The highest BCUT2D eigenvalue weighted by Gasteiger charge is 2.08. The van der Waals surface area contributed by atoms with E-state index in [2.05, 4.69) is 14.8 Å². The first-order valence-electron chi connectivity index (χ1n) is 3.27. The van der Waals surface area contributed by atoms with Crippen LogP contribution in [0.4, 0.5) is 0 Å². The zero-order valence-electron chi connectivity index (χ0n) is 6.52. The molecule has 0 spiro atoms. The van der Waals surface area contributed by atoms with Gasteiger partial charge in [0.15, 0.2) is 5.69 Å². The van der Waals surface area contributed by atoms with Crippen LogP contribution in [-0.2, 0) is 4.84 Å². The summed E-state index contributed by atoms with van der Waals surface area (Å²) in [4.78, 5) is 22.7. The maximum absolute atomic E-state index is 11.0. The van der Waals surface area contributed by atoms with Crippen LogP contribution in [0.1, 0.15) is 10.5 Å². The van der Waals surface area contributed by atoms with Gasteiger partial charge in [-0.25, -0.2) is 9.78 Å². The van der Waals surface area contributed by atoms with Gasteiger partial charge in [-0.15, -0.1) is 0 Å². The number of rotatable bonds is 1. The Morgan fingerprint density at radius 2 is 2.38 bits per heavy atom. The number of guanidine groups is 1. The summed E-state index contributed by atoms with van der Waals surface area (Å²) >= 11 is 0. The van der Waals surface area contributed by atoms with Crippen molar-refractivity contribution in [1.29, 1.82) is 5.41 Å². The Morgan fingerprint density at radius 1 is 1.62 bits per heavy atom. The van der Waals surface area contributed by atoms with E-state index in [1.54, 1.807) is 0 Å². The molecule has 68 valence electrons. The lowest BCUT2D eigenvalue weighted by Crippen LogP contribution is -2.32. The molecule has 1 heterocycles. The number of nitrogens with one attached hydrogen (secondary N) is 2. The van der Waals surface area contributed by atoms with Crippen LogP contribution < -0.4 is 11.2 Å². The smallest absolute Gasteiger partial charge is 0.368 e. The fraction of sp³-hybridized carbons (Fsp3) is 0. The minimum atomic E-state index is -0.747. The van der Waals surface area contributed by atoms with Crippen molar-refractivity contribution in [2.45, 2.75) is 0 Å². The maximum Gasteiger partial charge on any atom is 0.382 e. The highest BCUT2D eigenvalue weighted by Crippen LogP contribution is 1.91. The molecular weight excluding hydrogens is 174 g/mol. The molecular formula is C6H7N5O2. The average molecular weight is 181 g/mol. The van der Waals surface area contributed by atoms with Gasteiger partial charge < -0.3 is 10.6 Å². The number of carbonyl (C=O) groups excluding carboxylic acids is 1. The lowest BCUT2D eigenvalue weighted by atomic mass is 10.5. The molecule has 0 aliphatic rings. The predicted octanol–water partition coefficient (Wildman–Crippen LogP) is -0.969. The second kappa shape index (κ2) is 4.00. The fourth-order valence-electron chi connectivity index (χ4n) is 0.558. The summed E-state index contributed by atoms with van der Waals surface area (Å²) in [6.45, 7) is 0. The molecule has 7 heteroatoms. The largest absolute Gasteiger partial charge is 0.382 e. The molecule has 0 aromatic carbocycles. The Hall–Kier alpha value is -2.18. The van der Waals surface area contributed by atoms with Gasteiger partial charge in [-0.1, -0.05) is 0 Å². The van der Waals surface area contributed by atoms with Crippen molar-refractivity contribution in [3.63, 3.8) is 0 Å². The highest BCUT2D eigenvalue weighted by atomic mass is 16.7. The van der Waals surface area contributed by atoms with Crippen molar-refractivity contribution in [3.8, 4) is 0 Å². The third-order valence-corrected chi connectivity index (χ3v) is 1.03. The zero-order valence-corrected chi connectivity index (χ0v) is 6.52. The summed E-state index contributed by atoms with van der Waals surface area (Å²) in [6, 6.07) is 0. The second-order valence-corrected chi connectivity index (χ2v) is 2.00.